The van der Waals surface area contributed by atoms with E-state index in [0.717, 1.165) is 10.6 Å². The lowest BCUT2D eigenvalue weighted by Crippen LogP contribution is -1.99. The number of ether oxygens (including phenoxy) is 1. The SMILES string of the molecule is COc1c(N)ncnc1SCc1ccccc1Cl. The van der Waals surface area contributed by atoms with Gasteiger partial charge in [-0.15, -0.1) is 0 Å². The average Bonchev–Trinajstić information content (AvgIpc) is 2.38. The number of nitrogens with zero attached hydrogens (tertiary/aromatic N) is 2. The fourth-order valence-corrected chi connectivity index (χ4v) is 2.69. The lowest BCUT2D eigenvalue weighted by Gasteiger charge is -2.08. The number of anilines is 1. The van der Waals surface area contributed by atoms with Crippen LogP contribution in [0.15, 0.2) is 35.6 Å². The Labute approximate surface area is 115 Å². The van der Waals surface area contributed by atoms with Crippen molar-refractivity contribution in [3.05, 3.63) is 41.2 Å². The van der Waals surface area contributed by atoms with Crippen molar-refractivity contribution in [3.8, 4) is 5.75 Å². The quantitative estimate of drug-likeness (QED) is 0.689. The molecule has 1 aromatic heterocycles. The molecule has 4 nitrogen and oxygen atoms in total. The van der Waals surface area contributed by atoms with Gasteiger partial charge >= 0.3 is 0 Å². The third-order valence-corrected chi connectivity index (χ3v) is 3.71. The normalized spacial score (nSPS) is 10.3. The van der Waals surface area contributed by atoms with Crippen molar-refractivity contribution in [1.82, 2.24) is 9.97 Å². The molecule has 0 amide bonds. The molecule has 0 saturated heterocycles. The molecule has 2 N–H and O–H groups in total. The molecule has 1 aromatic carbocycles. The second-order valence-corrected chi connectivity index (χ2v) is 4.85. The van der Waals surface area contributed by atoms with Gasteiger partial charge < -0.3 is 10.5 Å². The predicted molar refractivity (Wildman–Crippen MR) is 74.0 cm³/mol. The molecule has 1 heterocycles. The minimum absolute atomic E-state index is 0.342. The summed E-state index contributed by atoms with van der Waals surface area (Å²) in [5.74, 6) is 1.55. The van der Waals surface area contributed by atoms with E-state index in [9.17, 15) is 0 Å². The first-order valence-corrected chi connectivity index (χ1v) is 6.59. The number of thioether (sulfide) groups is 1. The molecular weight excluding hydrogens is 270 g/mol. The number of aromatic nitrogens is 2. The van der Waals surface area contributed by atoms with Crippen LogP contribution in [-0.2, 0) is 5.75 Å². The fraction of sp³-hybridized carbons (Fsp3) is 0.167. The molecule has 0 saturated carbocycles. The molecule has 2 rings (SSSR count). The molecule has 0 fully saturated rings. The predicted octanol–water partition coefficient (Wildman–Crippen LogP) is 3.01. The van der Waals surface area contributed by atoms with Crippen LogP contribution in [0.25, 0.3) is 0 Å². The smallest absolute Gasteiger partial charge is 0.193 e. The minimum atomic E-state index is 0.342. The van der Waals surface area contributed by atoms with Gasteiger partial charge in [0, 0.05) is 10.8 Å². The van der Waals surface area contributed by atoms with Crippen LogP contribution in [0, 0.1) is 0 Å². The van der Waals surface area contributed by atoms with Crippen molar-refractivity contribution < 1.29 is 4.74 Å². The molecular formula is C12H12ClN3OS. The number of halogens is 1. The summed E-state index contributed by atoms with van der Waals surface area (Å²) in [5.41, 5.74) is 6.76. The van der Waals surface area contributed by atoms with Gasteiger partial charge in [-0.25, -0.2) is 9.97 Å². The van der Waals surface area contributed by atoms with Crippen LogP contribution in [0.4, 0.5) is 5.82 Å². The Kier molecular flexibility index (Phi) is 4.28. The maximum atomic E-state index is 6.09. The first kappa shape index (κ1) is 13.0. The van der Waals surface area contributed by atoms with Crippen molar-refractivity contribution in [1.29, 1.82) is 0 Å². The summed E-state index contributed by atoms with van der Waals surface area (Å²) >= 11 is 7.61. The van der Waals surface area contributed by atoms with E-state index in [2.05, 4.69) is 9.97 Å². The molecule has 0 aliphatic heterocycles. The number of hydrogen-bond donors (Lipinski definition) is 1. The summed E-state index contributed by atoms with van der Waals surface area (Å²) in [4.78, 5) is 8.04. The van der Waals surface area contributed by atoms with Crippen LogP contribution >= 0.6 is 23.4 Å². The molecule has 2 aromatic rings. The number of hydrogen-bond acceptors (Lipinski definition) is 5. The van der Waals surface area contributed by atoms with Crippen molar-refractivity contribution >= 4 is 29.2 Å². The Morgan fingerprint density at radius 1 is 1.33 bits per heavy atom. The van der Waals surface area contributed by atoms with Gasteiger partial charge in [-0.1, -0.05) is 41.6 Å². The van der Waals surface area contributed by atoms with Gasteiger partial charge in [-0.05, 0) is 11.6 Å². The summed E-state index contributed by atoms with van der Waals surface area (Å²) in [5, 5.41) is 1.45. The van der Waals surface area contributed by atoms with E-state index in [1.807, 2.05) is 24.3 Å². The highest BCUT2D eigenvalue weighted by atomic mass is 35.5. The standard InChI is InChI=1S/C12H12ClN3OS/c1-17-10-11(14)15-7-16-12(10)18-6-8-4-2-3-5-9(8)13/h2-5,7H,6H2,1H3,(H2,14,15,16). The van der Waals surface area contributed by atoms with E-state index in [1.165, 1.54) is 18.1 Å². The highest BCUT2D eigenvalue weighted by Gasteiger charge is 2.10. The topological polar surface area (TPSA) is 61.0 Å². The van der Waals surface area contributed by atoms with Crippen LogP contribution in [0.1, 0.15) is 5.56 Å². The van der Waals surface area contributed by atoms with E-state index in [1.54, 1.807) is 7.11 Å². The molecule has 0 radical (unpaired) electrons. The minimum Gasteiger partial charge on any atom is -0.490 e. The molecule has 0 unspecified atom stereocenters. The number of nitrogens with two attached hydrogens (primary N) is 1. The highest BCUT2D eigenvalue weighted by molar-refractivity contribution is 7.98. The van der Waals surface area contributed by atoms with E-state index in [0.29, 0.717) is 22.3 Å². The summed E-state index contributed by atoms with van der Waals surface area (Å²) in [6.07, 6.45) is 1.42. The van der Waals surface area contributed by atoms with Gasteiger partial charge in [0.25, 0.3) is 0 Å². The highest BCUT2D eigenvalue weighted by Crippen LogP contribution is 2.33. The maximum absolute atomic E-state index is 6.09. The van der Waals surface area contributed by atoms with E-state index in [-0.39, 0.29) is 0 Å². The molecule has 0 aliphatic rings. The van der Waals surface area contributed by atoms with Gasteiger partial charge in [0.05, 0.1) is 7.11 Å². The molecule has 6 heteroatoms. The molecule has 18 heavy (non-hydrogen) atoms. The maximum Gasteiger partial charge on any atom is 0.193 e. The zero-order valence-corrected chi connectivity index (χ0v) is 11.3. The van der Waals surface area contributed by atoms with Crippen molar-refractivity contribution in [2.24, 2.45) is 0 Å². The number of nitrogen functional groups attached to an aromatic ring is 1. The second kappa shape index (κ2) is 5.93. The third-order valence-electron chi connectivity index (χ3n) is 2.33. The van der Waals surface area contributed by atoms with E-state index < -0.39 is 0 Å². The summed E-state index contributed by atoms with van der Waals surface area (Å²) in [7, 11) is 1.55. The van der Waals surface area contributed by atoms with Crippen molar-refractivity contribution in [2.75, 3.05) is 12.8 Å². The van der Waals surface area contributed by atoms with Gasteiger partial charge in [0.15, 0.2) is 11.6 Å². The van der Waals surface area contributed by atoms with Crippen molar-refractivity contribution in [2.45, 2.75) is 10.8 Å². The van der Waals surface area contributed by atoms with Crippen LogP contribution in [0.5, 0.6) is 5.75 Å². The van der Waals surface area contributed by atoms with Crippen LogP contribution in [0.2, 0.25) is 5.02 Å². The Hall–Kier alpha value is -1.46. The van der Waals surface area contributed by atoms with Gasteiger partial charge in [-0.2, -0.15) is 0 Å². The third kappa shape index (κ3) is 2.86. The Morgan fingerprint density at radius 3 is 2.83 bits per heavy atom. The van der Waals surface area contributed by atoms with Crippen LogP contribution < -0.4 is 10.5 Å². The monoisotopic (exact) mass is 281 g/mol. The average molecular weight is 282 g/mol. The Morgan fingerprint density at radius 2 is 2.11 bits per heavy atom. The number of benzene rings is 1. The van der Waals surface area contributed by atoms with E-state index >= 15 is 0 Å². The Balaban J connectivity index is 2.16. The fourth-order valence-electron chi connectivity index (χ4n) is 1.43. The first-order valence-electron chi connectivity index (χ1n) is 5.23. The largest absolute Gasteiger partial charge is 0.490 e. The summed E-state index contributed by atoms with van der Waals surface area (Å²) in [6, 6.07) is 7.70. The van der Waals surface area contributed by atoms with Crippen LogP contribution in [-0.4, -0.2) is 17.1 Å². The molecule has 94 valence electrons. The zero-order valence-electron chi connectivity index (χ0n) is 9.76. The van der Waals surface area contributed by atoms with Gasteiger partial charge in [0.1, 0.15) is 11.4 Å². The molecule has 0 spiro atoms. The molecule has 0 atom stereocenters. The summed E-state index contributed by atoms with van der Waals surface area (Å²) < 4.78 is 5.19. The lowest BCUT2D eigenvalue weighted by atomic mass is 10.2. The Bertz CT molecular complexity index is 551. The second-order valence-electron chi connectivity index (χ2n) is 3.48. The number of methoxy groups -OCH3 is 1. The summed E-state index contributed by atoms with van der Waals surface area (Å²) in [6.45, 7) is 0. The lowest BCUT2D eigenvalue weighted by molar-refractivity contribution is 0.401. The van der Waals surface area contributed by atoms with Crippen molar-refractivity contribution in [3.63, 3.8) is 0 Å². The number of rotatable bonds is 4. The van der Waals surface area contributed by atoms with Gasteiger partial charge in [-0.3, -0.25) is 0 Å². The van der Waals surface area contributed by atoms with Crippen LogP contribution in [0.3, 0.4) is 0 Å². The van der Waals surface area contributed by atoms with Gasteiger partial charge in [0.2, 0.25) is 0 Å². The zero-order chi connectivity index (χ0) is 13.0. The van der Waals surface area contributed by atoms with E-state index in [4.69, 9.17) is 22.1 Å². The molecule has 0 bridgehead atoms. The molecule has 0 aliphatic carbocycles. The first-order chi connectivity index (χ1) is 8.72.